The van der Waals surface area contributed by atoms with Crippen molar-refractivity contribution >= 4 is 5.82 Å². The van der Waals surface area contributed by atoms with Crippen molar-refractivity contribution in [3.8, 4) is 6.07 Å². The Kier molecular flexibility index (Phi) is 4.32. The molecular weight excluding hydrogens is 232 g/mol. The maximum atomic E-state index is 11.8. The summed E-state index contributed by atoms with van der Waals surface area (Å²) in [7, 11) is 2.92. The number of aromatic nitrogens is 2. The molecule has 0 aromatic carbocycles. The molecule has 0 amide bonds. The van der Waals surface area contributed by atoms with Crippen LogP contribution in [0.25, 0.3) is 0 Å². The molecule has 0 aliphatic heterocycles. The molecule has 1 N–H and O–H groups in total. The van der Waals surface area contributed by atoms with E-state index >= 15 is 0 Å². The van der Waals surface area contributed by atoms with Gasteiger partial charge in [-0.05, 0) is 12.8 Å². The van der Waals surface area contributed by atoms with Crippen molar-refractivity contribution in [2.45, 2.75) is 32.7 Å². The Morgan fingerprint density at radius 2 is 1.78 bits per heavy atom. The van der Waals surface area contributed by atoms with Crippen molar-refractivity contribution in [3.05, 3.63) is 26.4 Å². The van der Waals surface area contributed by atoms with Crippen LogP contribution in [0, 0.1) is 11.3 Å². The van der Waals surface area contributed by atoms with Gasteiger partial charge in [0.2, 0.25) is 0 Å². The molecule has 0 bridgehead atoms. The first-order valence-electron chi connectivity index (χ1n) is 5.94. The summed E-state index contributed by atoms with van der Waals surface area (Å²) in [6.45, 7) is 4.01. The third-order valence-electron chi connectivity index (χ3n) is 3.10. The highest BCUT2D eigenvalue weighted by molar-refractivity contribution is 5.51. The van der Waals surface area contributed by atoms with Gasteiger partial charge < -0.3 is 5.32 Å². The largest absolute Gasteiger partial charge is 0.367 e. The lowest BCUT2D eigenvalue weighted by atomic mass is 10.1. The molecule has 1 aromatic rings. The standard InChI is InChI=1S/C12H18N4O2/c1-5-8(6-2)14-10-9(7-13)11(17)16(4)12(18)15(10)3/h8,14H,5-6H2,1-4H3. The molecular formula is C12H18N4O2. The molecule has 0 radical (unpaired) electrons. The van der Waals surface area contributed by atoms with Gasteiger partial charge in [-0.3, -0.25) is 13.9 Å². The second-order valence-corrected chi connectivity index (χ2v) is 4.20. The van der Waals surface area contributed by atoms with Gasteiger partial charge in [0.15, 0.2) is 5.56 Å². The third-order valence-corrected chi connectivity index (χ3v) is 3.10. The van der Waals surface area contributed by atoms with Crippen molar-refractivity contribution in [3.63, 3.8) is 0 Å². The van der Waals surface area contributed by atoms with Gasteiger partial charge in [0.1, 0.15) is 11.9 Å². The van der Waals surface area contributed by atoms with Gasteiger partial charge in [0.25, 0.3) is 5.56 Å². The van der Waals surface area contributed by atoms with Crippen molar-refractivity contribution < 1.29 is 0 Å². The predicted molar refractivity (Wildman–Crippen MR) is 69.6 cm³/mol. The normalized spacial score (nSPS) is 10.4. The van der Waals surface area contributed by atoms with Crippen LogP contribution < -0.4 is 16.6 Å². The molecule has 0 saturated carbocycles. The molecule has 6 nitrogen and oxygen atoms in total. The summed E-state index contributed by atoms with van der Waals surface area (Å²) in [5.74, 6) is 0.305. The molecule has 0 spiro atoms. The Hall–Kier alpha value is -2.03. The summed E-state index contributed by atoms with van der Waals surface area (Å²) in [6.07, 6.45) is 1.70. The Labute approximate surface area is 105 Å². The topological polar surface area (TPSA) is 79.8 Å². The molecule has 1 heterocycles. The molecule has 0 atom stereocenters. The number of nitriles is 1. The highest BCUT2D eigenvalue weighted by Gasteiger charge is 2.17. The summed E-state index contributed by atoms with van der Waals surface area (Å²) in [5, 5.41) is 12.2. The van der Waals surface area contributed by atoms with E-state index in [2.05, 4.69) is 5.32 Å². The van der Waals surface area contributed by atoms with E-state index < -0.39 is 11.2 Å². The van der Waals surface area contributed by atoms with Crippen LogP contribution in [0.4, 0.5) is 5.82 Å². The average Bonchev–Trinajstić information content (AvgIpc) is 2.39. The third kappa shape index (κ3) is 2.30. The number of rotatable bonds is 4. The zero-order valence-electron chi connectivity index (χ0n) is 11.1. The monoisotopic (exact) mass is 250 g/mol. The Morgan fingerprint density at radius 1 is 1.22 bits per heavy atom. The summed E-state index contributed by atoms with van der Waals surface area (Å²) in [5.41, 5.74) is -1.02. The summed E-state index contributed by atoms with van der Waals surface area (Å²) in [4.78, 5) is 23.7. The number of hydrogen-bond acceptors (Lipinski definition) is 4. The zero-order chi connectivity index (χ0) is 13.9. The molecule has 1 aromatic heterocycles. The first-order valence-corrected chi connectivity index (χ1v) is 5.94. The maximum Gasteiger partial charge on any atom is 0.332 e. The predicted octanol–water partition coefficient (Wildman–Crippen LogP) is 0.556. The lowest BCUT2D eigenvalue weighted by Crippen LogP contribution is -2.40. The van der Waals surface area contributed by atoms with Crippen LogP contribution in [-0.2, 0) is 14.1 Å². The molecule has 18 heavy (non-hydrogen) atoms. The van der Waals surface area contributed by atoms with E-state index in [1.807, 2.05) is 19.9 Å². The van der Waals surface area contributed by atoms with E-state index in [-0.39, 0.29) is 11.6 Å². The number of anilines is 1. The first kappa shape index (κ1) is 14.0. The number of nitrogens with one attached hydrogen (secondary N) is 1. The second-order valence-electron chi connectivity index (χ2n) is 4.20. The minimum Gasteiger partial charge on any atom is -0.367 e. The molecule has 98 valence electrons. The van der Waals surface area contributed by atoms with Crippen molar-refractivity contribution in [2.24, 2.45) is 14.1 Å². The van der Waals surface area contributed by atoms with Gasteiger partial charge in [0, 0.05) is 20.1 Å². The van der Waals surface area contributed by atoms with E-state index in [0.29, 0.717) is 5.82 Å². The first-order chi connectivity index (χ1) is 8.47. The lowest BCUT2D eigenvalue weighted by molar-refractivity contribution is 0.637. The van der Waals surface area contributed by atoms with E-state index in [1.165, 1.54) is 11.6 Å². The fourth-order valence-corrected chi connectivity index (χ4v) is 1.80. The molecule has 6 heteroatoms. The molecule has 0 aliphatic carbocycles. The highest BCUT2D eigenvalue weighted by atomic mass is 16.2. The lowest BCUT2D eigenvalue weighted by Gasteiger charge is -2.19. The van der Waals surface area contributed by atoms with E-state index in [4.69, 9.17) is 5.26 Å². The van der Waals surface area contributed by atoms with Crippen LogP contribution in [0.2, 0.25) is 0 Å². The van der Waals surface area contributed by atoms with Gasteiger partial charge in [-0.1, -0.05) is 13.8 Å². The van der Waals surface area contributed by atoms with Crippen LogP contribution in [-0.4, -0.2) is 15.2 Å². The van der Waals surface area contributed by atoms with Crippen LogP contribution in [0.3, 0.4) is 0 Å². The maximum absolute atomic E-state index is 11.8. The zero-order valence-corrected chi connectivity index (χ0v) is 11.1. The number of hydrogen-bond donors (Lipinski definition) is 1. The van der Waals surface area contributed by atoms with Gasteiger partial charge in [0.05, 0.1) is 0 Å². The molecule has 0 fully saturated rings. The molecule has 1 rings (SSSR count). The minimum atomic E-state index is -0.561. The van der Waals surface area contributed by atoms with Crippen LogP contribution >= 0.6 is 0 Å². The smallest absolute Gasteiger partial charge is 0.332 e. The molecule has 0 unspecified atom stereocenters. The summed E-state index contributed by atoms with van der Waals surface area (Å²) >= 11 is 0. The van der Waals surface area contributed by atoms with Gasteiger partial charge in [-0.2, -0.15) is 5.26 Å². The van der Waals surface area contributed by atoms with Crippen molar-refractivity contribution in [1.29, 1.82) is 5.26 Å². The van der Waals surface area contributed by atoms with Gasteiger partial charge >= 0.3 is 5.69 Å². The Morgan fingerprint density at radius 3 is 2.22 bits per heavy atom. The Bertz CT molecular complexity index is 588. The van der Waals surface area contributed by atoms with Crippen LogP contribution in [0.15, 0.2) is 9.59 Å². The second kappa shape index (κ2) is 5.54. The van der Waals surface area contributed by atoms with Crippen molar-refractivity contribution in [1.82, 2.24) is 9.13 Å². The summed E-state index contributed by atoms with van der Waals surface area (Å²) < 4.78 is 2.24. The van der Waals surface area contributed by atoms with Crippen LogP contribution in [0.5, 0.6) is 0 Å². The SMILES string of the molecule is CCC(CC)Nc1c(C#N)c(=O)n(C)c(=O)n1C. The van der Waals surface area contributed by atoms with E-state index in [0.717, 1.165) is 17.4 Å². The fraction of sp³-hybridized carbons (Fsp3) is 0.583. The summed E-state index contributed by atoms with van der Waals surface area (Å²) in [6, 6.07) is 2.00. The molecule has 0 aliphatic rings. The molecule has 0 saturated heterocycles. The van der Waals surface area contributed by atoms with Crippen LogP contribution in [0.1, 0.15) is 32.3 Å². The van der Waals surface area contributed by atoms with Gasteiger partial charge in [-0.25, -0.2) is 4.79 Å². The Balaban J connectivity index is 3.49. The van der Waals surface area contributed by atoms with E-state index in [1.54, 1.807) is 7.05 Å². The van der Waals surface area contributed by atoms with Crippen molar-refractivity contribution in [2.75, 3.05) is 5.32 Å². The average molecular weight is 250 g/mol. The minimum absolute atomic E-state index is 0.0218. The van der Waals surface area contributed by atoms with E-state index in [9.17, 15) is 9.59 Å². The highest BCUT2D eigenvalue weighted by Crippen LogP contribution is 2.11. The fourth-order valence-electron chi connectivity index (χ4n) is 1.80. The number of nitrogens with zero attached hydrogens (tertiary/aromatic N) is 3. The quantitative estimate of drug-likeness (QED) is 0.846. The van der Waals surface area contributed by atoms with Gasteiger partial charge in [-0.15, -0.1) is 0 Å².